The second kappa shape index (κ2) is 12.4. The van der Waals surface area contributed by atoms with E-state index in [1.54, 1.807) is 0 Å². The Kier molecular flexibility index (Phi) is 6.20. The quantitative estimate of drug-likeness (QED) is 0.0859. The normalized spacial score (nSPS) is 18.3. The fraction of sp³-hybridized carbons (Fsp3) is 0.0278. The molecule has 360 valence electrons. The van der Waals surface area contributed by atoms with Crippen LogP contribution in [0, 0.1) is 0 Å². The molecule has 7 heteroatoms. The van der Waals surface area contributed by atoms with Crippen molar-refractivity contribution in [1.29, 1.82) is 0 Å². The SMILES string of the molecule is c1ccc2c(c1)-c1ccccc1C21c2cccc3c2N2c4c1ccc1c4[N+]4(c5c(ccc6c5-n5c7c(cccc7c7ccc[n+]4c75)[Si]64c5ccccc5-c5ccccc54)O1)[n+]1cccc(c12)C31c2ccccc2-c2ccccc21. The van der Waals surface area contributed by atoms with Gasteiger partial charge in [0.1, 0.15) is 11.2 Å². The van der Waals surface area contributed by atoms with Gasteiger partial charge in [-0.1, -0.05) is 182 Å². The lowest BCUT2D eigenvalue weighted by molar-refractivity contribution is -1.03. The summed E-state index contributed by atoms with van der Waals surface area (Å²) in [5, 5.41) is 8.27. The highest BCUT2D eigenvalue weighted by Crippen LogP contribution is 2.74. The molecule has 22 rings (SSSR count). The van der Waals surface area contributed by atoms with E-state index in [0.717, 1.165) is 28.7 Å². The molecule has 0 amide bonds. The maximum absolute atomic E-state index is 7.76. The van der Waals surface area contributed by atoms with Crippen LogP contribution >= 0.6 is 0 Å². The van der Waals surface area contributed by atoms with Crippen molar-refractivity contribution >= 4 is 79.3 Å². The molecule has 7 aliphatic heterocycles. The summed E-state index contributed by atoms with van der Waals surface area (Å²) >= 11 is 0. The number of hydrogen-bond donors (Lipinski definition) is 0. The number of rotatable bonds is 0. The van der Waals surface area contributed by atoms with Crippen LogP contribution in [0.5, 0.6) is 11.5 Å². The number of para-hydroxylation sites is 2. The Labute approximate surface area is 453 Å². The number of nitrogens with zero attached hydrogens (tertiary/aromatic N) is 5. The van der Waals surface area contributed by atoms with Crippen molar-refractivity contribution in [2.24, 2.45) is 0 Å². The number of anilines is 3. The number of ether oxygens (including phenoxy) is 1. The van der Waals surface area contributed by atoms with E-state index < -0.39 is 18.9 Å². The molecule has 79 heavy (non-hydrogen) atoms. The van der Waals surface area contributed by atoms with E-state index in [-0.39, 0.29) is 4.70 Å². The third-order valence-electron chi connectivity index (χ3n) is 20.6. The Hall–Kier alpha value is -9.92. The van der Waals surface area contributed by atoms with Gasteiger partial charge >= 0.3 is 22.8 Å². The van der Waals surface area contributed by atoms with Crippen LogP contribution in [0.1, 0.15) is 44.5 Å². The number of benzene rings is 10. The summed E-state index contributed by atoms with van der Waals surface area (Å²) in [6, 6.07) is 89.4. The minimum atomic E-state index is -3.06. The lowest BCUT2D eigenvalue weighted by Gasteiger charge is -2.51. The van der Waals surface area contributed by atoms with E-state index in [2.05, 4.69) is 262 Å². The maximum Gasteiger partial charge on any atom is 0.350 e. The van der Waals surface area contributed by atoms with E-state index in [0.29, 0.717) is 0 Å². The third kappa shape index (κ3) is 3.63. The summed E-state index contributed by atoms with van der Waals surface area (Å²) in [4.78, 5) is 2.72. The summed E-state index contributed by atoms with van der Waals surface area (Å²) in [5.74, 6) is 2.89. The molecule has 1 atom stereocenters. The van der Waals surface area contributed by atoms with Crippen LogP contribution < -0.4 is 44.4 Å². The van der Waals surface area contributed by atoms with Gasteiger partial charge in [0, 0.05) is 32.5 Å². The van der Waals surface area contributed by atoms with Gasteiger partial charge < -0.3 is 4.74 Å². The highest BCUT2D eigenvalue weighted by Gasteiger charge is 2.75. The molecule has 0 radical (unpaired) electrons. The van der Waals surface area contributed by atoms with Crippen molar-refractivity contribution in [2.75, 3.05) is 4.90 Å². The minimum Gasteiger partial charge on any atom is -0.444 e. The van der Waals surface area contributed by atoms with Gasteiger partial charge in [0.25, 0.3) is 0 Å². The number of fused-ring (bicyclic) bond motifs is 22. The lowest BCUT2D eigenvalue weighted by atomic mass is 9.59. The first-order valence-electron chi connectivity index (χ1n) is 27.7. The van der Waals surface area contributed by atoms with Crippen LogP contribution in [-0.2, 0) is 10.8 Å². The van der Waals surface area contributed by atoms with Crippen LogP contribution in [0.15, 0.2) is 243 Å². The predicted octanol–water partition coefficient (Wildman–Crippen LogP) is 12.2. The Morgan fingerprint density at radius 2 is 0.823 bits per heavy atom. The van der Waals surface area contributed by atoms with Gasteiger partial charge in [0.2, 0.25) is 22.9 Å². The molecular weight excluding hydrogens is 979 g/mol. The van der Waals surface area contributed by atoms with Crippen molar-refractivity contribution in [1.82, 2.24) is 9.27 Å². The van der Waals surface area contributed by atoms with Gasteiger partial charge in [-0.15, -0.1) is 0 Å². The molecule has 0 bridgehead atoms. The molecule has 9 aliphatic rings. The molecule has 0 N–H and O–H groups in total. The zero-order chi connectivity index (χ0) is 50.6. The van der Waals surface area contributed by atoms with Crippen LogP contribution in [0.3, 0.4) is 0 Å². The van der Waals surface area contributed by atoms with Crippen molar-refractivity contribution < 1.29 is 14.1 Å². The molecule has 1 unspecified atom stereocenters. The zero-order valence-corrected chi connectivity index (χ0v) is 43.2. The first-order chi connectivity index (χ1) is 39.2. The first kappa shape index (κ1) is 39.5. The van der Waals surface area contributed by atoms with Crippen molar-refractivity contribution in [2.45, 2.75) is 10.8 Å². The molecule has 4 spiro atoms. The highest BCUT2D eigenvalue weighted by atomic mass is 28.3. The molecule has 6 nitrogen and oxygen atoms in total. The van der Waals surface area contributed by atoms with Gasteiger partial charge in [-0.05, 0) is 124 Å². The van der Waals surface area contributed by atoms with Crippen molar-refractivity contribution in [3.63, 3.8) is 0 Å². The molecule has 0 fully saturated rings. The third-order valence-corrected chi connectivity index (χ3v) is 25.5. The molecular formula is C72H40N5OSi+3. The Morgan fingerprint density at radius 3 is 1.47 bits per heavy atom. The number of aromatic nitrogens is 3. The van der Waals surface area contributed by atoms with Crippen molar-refractivity contribution in [3.05, 3.63) is 287 Å². The minimum absolute atomic E-state index is 0.226. The predicted molar refractivity (Wildman–Crippen MR) is 313 cm³/mol. The second-order valence-electron chi connectivity index (χ2n) is 23.1. The summed E-state index contributed by atoms with van der Waals surface area (Å²) in [7, 11) is -3.06. The largest absolute Gasteiger partial charge is 0.444 e. The van der Waals surface area contributed by atoms with Gasteiger partial charge in [0.05, 0.1) is 26.5 Å². The van der Waals surface area contributed by atoms with E-state index in [1.807, 2.05) is 0 Å². The van der Waals surface area contributed by atoms with E-state index in [1.165, 1.54) is 138 Å². The fourth-order valence-electron chi connectivity index (χ4n) is 18.3. The molecule has 10 aromatic carbocycles. The first-order valence-corrected chi connectivity index (χ1v) is 29.7. The van der Waals surface area contributed by atoms with Crippen LogP contribution in [-0.4, -0.2) is 12.6 Å². The summed E-state index contributed by atoms with van der Waals surface area (Å²) < 4.78 is 16.0. The Bertz CT molecular complexity index is 5090. The molecule has 10 heterocycles. The summed E-state index contributed by atoms with van der Waals surface area (Å²) in [6.07, 6.45) is 4.77. The van der Waals surface area contributed by atoms with E-state index in [9.17, 15) is 0 Å². The molecule has 13 aromatic rings. The standard InChI is InChI=1S/C72H40N5OSi/c1-7-25-49-41(17-1)42-18-2-8-26-50(42)71(49)53-29-14-30-54-64(53)76-65-55(71)35-36-57-67(65)77(74-40-16-31-56(70(74)76)72(54)51-27-9-3-19-43(51)44-20-4-10-28-52(44)72)68-58(78-57)37-38-62-66(68)75-63-47(48-24-15-39-73(77)69(48)75)23-13-34-61(63)79(62)59-32-11-5-21-45(59)46-22-6-12-33-60(46)79/h1-40H/q+3. The van der Waals surface area contributed by atoms with Gasteiger partial charge in [-0.25, -0.2) is 0 Å². The van der Waals surface area contributed by atoms with E-state index in [4.69, 9.17) is 4.74 Å². The average molecular weight is 1020 g/mol. The fourth-order valence-corrected chi connectivity index (χ4v) is 23.9. The highest BCUT2D eigenvalue weighted by molar-refractivity contribution is 7.23. The van der Waals surface area contributed by atoms with Gasteiger partial charge in [-0.2, -0.15) is 9.47 Å². The number of quaternary nitrogens is 1. The van der Waals surface area contributed by atoms with Crippen LogP contribution in [0.25, 0.3) is 61.0 Å². The van der Waals surface area contributed by atoms with Crippen molar-refractivity contribution in [3.8, 4) is 50.6 Å². The van der Waals surface area contributed by atoms with Crippen LogP contribution in [0.2, 0.25) is 0 Å². The number of pyridine rings is 2. The smallest absolute Gasteiger partial charge is 0.350 e. The molecule has 0 saturated carbocycles. The molecule has 2 aliphatic carbocycles. The zero-order valence-electron chi connectivity index (χ0n) is 42.2. The monoisotopic (exact) mass is 1020 g/mol. The number of hydrogen-bond acceptors (Lipinski definition) is 2. The maximum atomic E-state index is 7.76. The summed E-state index contributed by atoms with van der Waals surface area (Å²) in [5.41, 5.74) is 25.2. The lowest BCUT2D eigenvalue weighted by Crippen LogP contribution is -2.88. The van der Waals surface area contributed by atoms with Gasteiger partial charge in [-0.3, -0.25) is 0 Å². The summed E-state index contributed by atoms with van der Waals surface area (Å²) in [6.45, 7) is 0. The topological polar surface area (TPSA) is 25.2 Å². The molecule has 0 saturated heterocycles. The molecule has 3 aromatic heterocycles. The Morgan fingerprint density at radius 1 is 0.354 bits per heavy atom. The average Bonchev–Trinajstić information content (AvgIpc) is 1.91. The second-order valence-corrected chi connectivity index (χ2v) is 26.8. The van der Waals surface area contributed by atoms with E-state index >= 15 is 0 Å². The van der Waals surface area contributed by atoms with Gasteiger partial charge in [0.15, 0.2) is 20.5 Å². The van der Waals surface area contributed by atoms with Crippen LogP contribution in [0.4, 0.5) is 28.6 Å². The Balaban J connectivity index is 1.01.